The molecule has 1 aromatic heterocycles. The van der Waals surface area contributed by atoms with Gasteiger partial charge in [0.2, 0.25) is 5.95 Å². The molecule has 2 aliphatic rings. The Morgan fingerprint density at radius 1 is 1.29 bits per heavy atom. The van der Waals surface area contributed by atoms with Crippen molar-refractivity contribution in [2.75, 3.05) is 18.4 Å². The van der Waals surface area contributed by atoms with Crippen molar-refractivity contribution in [2.45, 2.75) is 6.04 Å². The Morgan fingerprint density at radius 2 is 2.06 bits per heavy atom. The smallest absolute Gasteiger partial charge is 0.203 e. The van der Waals surface area contributed by atoms with E-state index in [1.165, 1.54) is 5.52 Å². The monoisotopic (exact) mass is 228 g/mol. The van der Waals surface area contributed by atoms with E-state index in [4.69, 9.17) is 0 Å². The predicted octanol–water partition coefficient (Wildman–Crippen LogP) is 1.20. The second-order valence-electron chi connectivity index (χ2n) is 5.14. The van der Waals surface area contributed by atoms with E-state index in [0.29, 0.717) is 6.04 Å². The zero-order chi connectivity index (χ0) is 11.4. The fraction of sp³-hybridized carbons (Fsp3) is 0.462. The molecule has 88 valence electrons. The molecule has 4 rings (SSSR count). The van der Waals surface area contributed by atoms with Gasteiger partial charge in [0, 0.05) is 26.2 Å². The minimum absolute atomic E-state index is 0.631. The van der Waals surface area contributed by atoms with Crippen molar-refractivity contribution >= 4 is 17.0 Å². The maximum absolute atomic E-state index is 4.65. The van der Waals surface area contributed by atoms with Gasteiger partial charge in [0.1, 0.15) is 0 Å². The molecule has 4 heteroatoms. The van der Waals surface area contributed by atoms with E-state index in [-0.39, 0.29) is 0 Å². The molecule has 1 saturated carbocycles. The van der Waals surface area contributed by atoms with Gasteiger partial charge >= 0.3 is 0 Å². The lowest BCUT2D eigenvalue weighted by Crippen LogP contribution is -2.22. The van der Waals surface area contributed by atoms with Crippen LogP contribution < -0.4 is 10.6 Å². The number of aryl methyl sites for hydroxylation is 1. The first-order valence-corrected chi connectivity index (χ1v) is 6.23. The number of nitrogens with zero attached hydrogens (tertiary/aromatic N) is 2. The molecule has 2 aromatic rings. The summed E-state index contributed by atoms with van der Waals surface area (Å²) in [6, 6.07) is 8.91. The Balaban J connectivity index is 1.65. The first kappa shape index (κ1) is 9.48. The van der Waals surface area contributed by atoms with E-state index < -0.39 is 0 Å². The summed E-state index contributed by atoms with van der Waals surface area (Å²) in [6.07, 6.45) is 0. The lowest BCUT2D eigenvalue weighted by atomic mass is 10.3. The van der Waals surface area contributed by atoms with Crippen LogP contribution >= 0.6 is 0 Å². The summed E-state index contributed by atoms with van der Waals surface area (Å²) in [5, 5.41) is 7.00. The third kappa shape index (κ3) is 1.30. The van der Waals surface area contributed by atoms with Crippen LogP contribution in [-0.4, -0.2) is 28.7 Å². The molecule has 0 bridgehead atoms. The molecule has 0 spiro atoms. The fourth-order valence-electron chi connectivity index (χ4n) is 3.06. The van der Waals surface area contributed by atoms with Gasteiger partial charge in [-0.1, -0.05) is 12.1 Å². The fourth-order valence-corrected chi connectivity index (χ4v) is 3.06. The number of nitrogens with one attached hydrogen (secondary N) is 2. The topological polar surface area (TPSA) is 41.9 Å². The second-order valence-corrected chi connectivity index (χ2v) is 5.14. The molecule has 1 saturated heterocycles. The number of rotatable bonds is 2. The van der Waals surface area contributed by atoms with E-state index in [9.17, 15) is 0 Å². The number of piperidine rings is 1. The molecular formula is C13H16N4. The highest BCUT2D eigenvalue weighted by Crippen LogP contribution is 2.43. The summed E-state index contributed by atoms with van der Waals surface area (Å²) in [5.74, 6) is 2.63. The van der Waals surface area contributed by atoms with Crippen molar-refractivity contribution in [1.82, 2.24) is 14.9 Å². The molecular weight excluding hydrogens is 212 g/mol. The van der Waals surface area contributed by atoms with E-state index in [2.05, 4.69) is 45.4 Å². The molecule has 2 unspecified atom stereocenters. The molecule has 2 N–H and O–H groups in total. The van der Waals surface area contributed by atoms with Crippen LogP contribution in [0.3, 0.4) is 0 Å². The molecule has 0 amide bonds. The van der Waals surface area contributed by atoms with Crippen molar-refractivity contribution < 1.29 is 0 Å². The number of hydrogen-bond donors (Lipinski definition) is 2. The van der Waals surface area contributed by atoms with Gasteiger partial charge in [-0.25, -0.2) is 4.98 Å². The quantitative estimate of drug-likeness (QED) is 0.811. The average Bonchev–Trinajstić information content (AvgIpc) is 2.74. The standard InChI is InChI=1S/C13H16N4/c1-17-11-5-3-2-4-10(11)15-13(17)16-12-8-6-14-7-9(8)12/h2-5,8-9,12,14H,6-7H2,1H3,(H,15,16). The summed E-state index contributed by atoms with van der Waals surface area (Å²) in [6.45, 7) is 2.32. The number of para-hydroxylation sites is 2. The van der Waals surface area contributed by atoms with Crippen molar-refractivity contribution in [1.29, 1.82) is 0 Å². The number of aromatic nitrogens is 2. The molecule has 0 radical (unpaired) electrons. The first-order valence-electron chi connectivity index (χ1n) is 6.23. The highest BCUT2D eigenvalue weighted by atomic mass is 15.2. The Morgan fingerprint density at radius 3 is 2.82 bits per heavy atom. The minimum Gasteiger partial charge on any atom is -0.352 e. The summed E-state index contributed by atoms with van der Waals surface area (Å²) in [4.78, 5) is 4.65. The molecule has 4 nitrogen and oxygen atoms in total. The SMILES string of the molecule is Cn1c(NC2C3CNCC32)nc2ccccc21. The molecule has 2 atom stereocenters. The highest BCUT2D eigenvalue weighted by molar-refractivity contribution is 5.78. The van der Waals surface area contributed by atoms with Crippen LogP contribution in [-0.2, 0) is 7.05 Å². The molecule has 2 fully saturated rings. The van der Waals surface area contributed by atoms with Gasteiger partial charge in [-0.15, -0.1) is 0 Å². The van der Waals surface area contributed by atoms with Crippen LogP contribution in [0.15, 0.2) is 24.3 Å². The number of benzene rings is 1. The summed E-state index contributed by atoms with van der Waals surface area (Å²) >= 11 is 0. The van der Waals surface area contributed by atoms with Crippen LogP contribution in [0.5, 0.6) is 0 Å². The predicted molar refractivity (Wildman–Crippen MR) is 68.0 cm³/mol. The van der Waals surface area contributed by atoms with Crippen molar-refractivity contribution in [3.05, 3.63) is 24.3 Å². The number of anilines is 1. The highest BCUT2D eigenvalue weighted by Gasteiger charge is 2.53. The van der Waals surface area contributed by atoms with Crippen LogP contribution in [0.4, 0.5) is 5.95 Å². The van der Waals surface area contributed by atoms with Crippen molar-refractivity contribution in [2.24, 2.45) is 18.9 Å². The normalized spacial score (nSPS) is 30.5. The number of imidazole rings is 1. The van der Waals surface area contributed by atoms with Gasteiger partial charge in [-0.2, -0.15) is 0 Å². The largest absolute Gasteiger partial charge is 0.352 e. The molecule has 1 aliphatic carbocycles. The zero-order valence-corrected chi connectivity index (χ0v) is 9.85. The van der Waals surface area contributed by atoms with Crippen molar-refractivity contribution in [3.8, 4) is 0 Å². The van der Waals surface area contributed by atoms with Crippen LogP contribution in [0.1, 0.15) is 0 Å². The third-order valence-corrected chi connectivity index (χ3v) is 4.17. The Labute approximate surface area is 100 Å². The first-order chi connectivity index (χ1) is 8.34. The second kappa shape index (κ2) is 3.23. The van der Waals surface area contributed by atoms with Gasteiger partial charge in [0.25, 0.3) is 0 Å². The van der Waals surface area contributed by atoms with Gasteiger partial charge < -0.3 is 15.2 Å². The van der Waals surface area contributed by atoms with E-state index in [0.717, 1.165) is 36.4 Å². The molecule has 1 aliphatic heterocycles. The van der Waals surface area contributed by atoms with Gasteiger partial charge in [0.15, 0.2) is 0 Å². The third-order valence-electron chi connectivity index (χ3n) is 4.17. The average molecular weight is 228 g/mol. The Kier molecular flexibility index (Phi) is 1.80. The number of hydrogen-bond acceptors (Lipinski definition) is 3. The number of fused-ring (bicyclic) bond motifs is 2. The zero-order valence-electron chi connectivity index (χ0n) is 9.85. The molecule has 17 heavy (non-hydrogen) atoms. The van der Waals surface area contributed by atoms with Gasteiger partial charge in [-0.3, -0.25) is 0 Å². The van der Waals surface area contributed by atoms with Crippen LogP contribution in [0.25, 0.3) is 11.0 Å². The van der Waals surface area contributed by atoms with E-state index >= 15 is 0 Å². The van der Waals surface area contributed by atoms with Crippen LogP contribution in [0, 0.1) is 11.8 Å². The van der Waals surface area contributed by atoms with Crippen molar-refractivity contribution in [3.63, 3.8) is 0 Å². The van der Waals surface area contributed by atoms with E-state index in [1.54, 1.807) is 0 Å². The lowest BCUT2D eigenvalue weighted by Gasteiger charge is -2.08. The maximum Gasteiger partial charge on any atom is 0.203 e. The molecule has 2 heterocycles. The summed E-state index contributed by atoms with van der Waals surface area (Å²) in [5.41, 5.74) is 2.26. The van der Waals surface area contributed by atoms with Gasteiger partial charge in [0.05, 0.1) is 11.0 Å². The Bertz CT molecular complexity index is 564. The summed E-state index contributed by atoms with van der Waals surface area (Å²) < 4.78 is 2.15. The maximum atomic E-state index is 4.65. The Hall–Kier alpha value is -1.55. The molecule has 1 aromatic carbocycles. The van der Waals surface area contributed by atoms with E-state index in [1.807, 2.05) is 6.07 Å². The minimum atomic E-state index is 0.631. The van der Waals surface area contributed by atoms with Crippen LogP contribution in [0.2, 0.25) is 0 Å². The lowest BCUT2D eigenvalue weighted by molar-refractivity contribution is 0.691. The van der Waals surface area contributed by atoms with Gasteiger partial charge in [-0.05, 0) is 24.0 Å². The summed E-state index contributed by atoms with van der Waals surface area (Å²) in [7, 11) is 2.08.